The number of aromatic nitrogens is 1. The van der Waals surface area contributed by atoms with Crippen LogP contribution >= 0.6 is 11.8 Å². The molecule has 0 saturated heterocycles. The number of hydrogen-bond acceptors (Lipinski definition) is 7. The maximum absolute atomic E-state index is 12.7. The van der Waals surface area contributed by atoms with Crippen LogP contribution in [0.4, 0.5) is 5.69 Å². The van der Waals surface area contributed by atoms with E-state index in [2.05, 4.69) is 15.8 Å². The van der Waals surface area contributed by atoms with Crippen molar-refractivity contribution in [2.45, 2.75) is 22.3 Å². The van der Waals surface area contributed by atoms with E-state index in [0.717, 1.165) is 0 Å². The first-order valence-corrected chi connectivity index (χ1v) is 9.92. The van der Waals surface area contributed by atoms with Gasteiger partial charge in [-0.3, -0.25) is 4.72 Å². The standard InChI is InChI=1S/C17H15N3O4S2/c1-11(10-18)25-17-19-14-9-12(7-8-16(14)24-17)26(21,22)20-13-5-3-4-6-15(13)23-2/h3-9,11,20H,1-2H3/t11-/m0/s1. The highest BCUT2D eigenvalue weighted by molar-refractivity contribution is 7.99. The van der Waals surface area contributed by atoms with Crippen molar-refractivity contribution in [2.24, 2.45) is 0 Å². The third kappa shape index (κ3) is 3.76. The summed E-state index contributed by atoms with van der Waals surface area (Å²) in [5.41, 5.74) is 1.20. The number of rotatable bonds is 6. The molecule has 2 aromatic carbocycles. The molecule has 134 valence electrons. The molecule has 3 aromatic rings. The lowest BCUT2D eigenvalue weighted by molar-refractivity contribution is 0.417. The zero-order valence-electron chi connectivity index (χ0n) is 14.0. The van der Waals surface area contributed by atoms with Gasteiger partial charge in [-0.25, -0.2) is 13.4 Å². The summed E-state index contributed by atoms with van der Waals surface area (Å²) in [5, 5.41) is 8.87. The van der Waals surface area contributed by atoms with Crippen LogP contribution in [-0.4, -0.2) is 25.8 Å². The Bertz CT molecular complexity index is 1090. The van der Waals surface area contributed by atoms with Gasteiger partial charge in [-0.15, -0.1) is 0 Å². The summed E-state index contributed by atoms with van der Waals surface area (Å²) in [7, 11) is -2.36. The fourth-order valence-corrected chi connectivity index (χ4v) is 3.95. The van der Waals surface area contributed by atoms with Crippen molar-refractivity contribution in [2.75, 3.05) is 11.8 Å². The number of para-hydroxylation sites is 2. The van der Waals surface area contributed by atoms with Gasteiger partial charge in [0.25, 0.3) is 15.2 Å². The monoisotopic (exact) mass is 389 g/mol. The summed E-state index contributed by atoms with van der Waals surface area (Å²) in [4.78, 5) is 4.29. The van der Waals surface area contributed by atoms with Gasteiger partial charge in [-0.05, 0) is 49.0 Å². The molecule has 9 heteroatoms. The van der Waals surface area contributed by atoms with E-state index in [-0.39, 0.29) is 10.1 Å². The molecule has 0 unspecified atom stereocenters. The molecule has 0 spiro atoms. The average Bonchev–Trinajstić information content (AvgIpc) is 3.03. The zero-order chi connectivity index (χ0) is 18.7. The molecule has 0 amide bonds. The summed E-state index contributed by atoms with van der Waals surface area (Å²) in [6.07, 6.45) is 0. The molecule has 0 radical (unpaired) electrons. The predicted octanol–water partition coefficient (Wildman–Crippen LogP) is 3.64. The number of nitriles is 1. The molecule has 7 nitrogen and oxygen atoms in total. The highest BCUT2D eigenvalue weighted by Gasteiger charge is 2.19. The molecule has 0 aliphatic rings. The van der Waals surface area contributed by atoms with Crippen molar-refractivity contribution in [1.29, 1.82) is 5.26 Å². The van der Waals surface area contributed by atoms with Crippen LogP contribution < -0.4 is 9.46 Å². The highest BCUT2D eigenvalue weighted by Crippen LogP contribution is 2.30. The van der Waals surface area contributed by atoms with Crippen molar-refractivity contribution in [3.63, 3.8) is 0 Å². The molecule has 0 aliphatic carbocycles. The smallest absolute Gasteiger partial charge is 0.262 e. The van der Waals surface area contributed by atoms with Gasteiger partial charge >= 0.3 is 0 Å². The van der Waals surface area contributed by atoms with E-state index >= 15 is 0 Å². The van der Waals surface area contributed by atoms with Crippen LogP contribution in [0.25, 0.3) is 11.1 Å². The number of hydrogen-bond donors (Lipinski definition) is 1. The number of fused-ring (bicyclic) bond motifs is 1. The van der Waals surface area contributed by atoms with Gasteiger partial charge in [0.1, 0.15) is 11.3 Å². The number of nitrogens with one attached hydrogen (secondary N) is 1. The third-order valence-electron chi connectivity index (χ3n) is 3.46. The molecule has 0 aliphatic heterocycles. The van der Waals surface area contributed by atoms with Crippen LogP contribution in [0.15, 0.2) is 57.0 Å². The fraction of sp³-hybridized carbons (Fsp3) is 0.176. The molecule has 1 aromatic heterocycles. The Morgan fingerprint density at radius 3 is 2.81 bits per heavy atom. The first-order valence-electron chi connectivity index (χ1n) is 7.55. The number of ether oxygens (including phenoxy) is 1. The predicted molar refractivity (Wildman–Crippen MR) is 98.7 cm³/mol. The number of oxazole rings is 1. The van der Waals surface area contributed by atoms with E-state index in [1.165, 1.54) is 31.0 Å². The highest BCUT2D eigenvalue weighted by atomic mass is 32.2. The number of sulfonamides is 1. The molecule has 1 atom stereocenters. The lowest BCUT2D eigenvalue weighted by atomic mass is 10.3. The normalized spacial score (nSPS) is 12.5. The minimum atomic E-state index is -3.83. The molecule has 0 saturated carbocycles. The molecular weight excluding hydrogens is 374 g/mol. The van der Waals surface area contributed by atoms with Crippen LogP contribution in [0.2, 0.25) is 0 Å². The van der Waals surface area contributed by atoms with E-state index in [1.54, 1.807) is 37.3 Å². The Labute approximate surface area is 155 Å². The summed E-state index contributed by atoms with van der Waals surface area (Å²) in [6, 6.07) is 13.2. The Morgan fingerprint density at radius 2 is 2.08 bits per heavy atom. The quantitative estimate of drug-likeness (QED) is 0.642. The maximum Gasteiger partial charge on any atom is 0.262 e. The molecule has 0 bridgehead atoms. The molecule has 3 rings (SSSR count). The molecule has 0 fully saturated rings. The zero-order valence-corrected chi connectivity index (χ0v) is 15.6. The molecule has 1 heterocycles. The molecule has 1 N–H and O–H groups in total. The van der Waals surface area contributed by atoms with Gasteiger partial charge in [-0.2, -0.15) is 5.26 Å². The van der Waals surface area contributed by atoms with Crippen LogP contribution in [0.5, 0.6) is 5.75 Å². The van der Waals surface area contributed by atoms with Gasteiger partial charge in [-0.1, -0.05) is 12.1 Å². The second-order valence-electron chi connectivity index (χ2n) is 5.30. The first kappa shape index (κ1) is 18.1. The lowest BCUT2D eigenvalue weighted by Gasteiger charge is -2.11. The van der Waals surface area contributed by atoms with Crippen molar-refractivity contribution < 1.29 is 17.6 Å². The number of thioether (sulfide) groups is 1. The van der Waals surface area contributed by atoms with Gasteiger partial charge in [0.15, 0.2) is 5.58 Å². The van der Waals surface area contributed by atoms with E-state index in [0.29, 0.717) is 27.8 Å². The number of methoxy groups -OCH3 is 1. The maximum atomic E-state index is 12.7. The van der Waals surface area contributed by atoms with Crippen LogP contribution in [0.3, 0.4) is 0 Å². The first-order chi connectivity index (χ1) is 12.4. The van der Waals surface area contributed by atoms with Crippen LogP contribution in [-0.2, 0) is 10.0 Å². The van der Waals surface area contributed by atoms with Crippen molar-refractivity contribution in [3.8, 4) is 11.8 Å². The van der Waals surface area contributed by atoms with Gasteiger partial charge < -0.3 is 9.15 Å². The van der Waals surface area contributed by atoms with Gasteiger partial charge in [0.05, 0.1) is 29.0 Å². The molecular formula is C17H15N3O4S2. The number of benzene rings is 2. The largest absolute Gasteiger partial charge is 0.495 e. The molecule has 26 heavy (non-hydrogen) atoms. The minimum Gasteiger partial charge on any atom is -0.495 e. The summed E-state index contributed by atoms with van der Waals surface area (Å²) >= 11 is 1.17. The Morgan fingerprint density at radius 1 is 1.31 bits per heavy atom. The Kier molecular flexibility index (Phi) is 5.06. The summed E-state index contributed by atoms with van der Waals surface area (Å²) < 4.78 is 38.5. The number of nitrogens with zero attached hydrogens (tertiary/aromatic N) is 2. The van der Waals surface area contributed by atoms with Gasteiger partial charge in [0, 0.05) is 0 Å². The number of anilines is 1. The Balaban J connectivity index is 1.92. The third-order valence-corrected chi connectivity index (χ3v) is 5.66. The van der Waals surface area contributed by atoms with Crippen LogP contribution in [0, 0.1) is 11.3 Å². The SMILES string of the molecule is COc1ccccc1NS(=O)(=O)c1ccc2oc(S[C@@H](C)C#N)nc2c1. The summed E-state index contributed by atoms with van der Waals surface area (Å²) in [5.74, 6) is 0.419. The van der Waals surface area contributed by atoms with E-state index < -0.39 is 10.0 Å². The van der Waals surface area contributed by atoms with E-state index in [1.807, 2.05) is 0 Å². The average molecular weight is 389 g/mol. The lowest BCUT2D eigenvalue weighted by Crippen LogP contribution is -2.13. The van der Waals surface area contributed by atoms with E-state index in [4.69, 9.17) is 14.4 Å². The fourth-order valence-electron chi connectivity index (χ4n) is 2.21. The summed E-state index contributed by atoms with van der Waals surface area (Å²) in [6.45, 7) is 1.73. The van der Waals surface area contributed by atoms with Crippen LogP contribution in [0.1, 0.15) is 6.92 Å². The second-order valence-corrected chi connectivity index (χ2v) is 8.28. The second kappa shape index (κ2) is 7.27. The van der Waals surface area contributed by atoms with Crippen molar-refractivity contribution in [3.05, 3.63) is 42.5 Å². The van der Waals surface area contributed by atoms with Gasteiger partial charge in [0.2, 0.25) is 0 Å². The Hall–Kier alpha value is -2.70. The van der Waals surface area contributed by atoms with Crippen molar-refractivity contribution >= 4 is 38.6 Å². The topological polar surface area (TPSA) is 105 Å². The van der Waals surface area contributed by atoms with E-state index in [9.17, 15) is 8.42 Å². The minimum absolute atomic E-state index is 0.0501. The van der Waals surface area contributed by atoms with Crippen molar-refractivity contribution in [1.82, 2.24) is 4.98 Å².